The average Bonchev–Trinajstić information content (AvgIpc) is 2.16. The van der Waals surface area contributed by atoms with E-state index in [9.17, 15) is 4.79 Å². The van der Waals surface area contributed by atoms with Gasteiger partial charge in [-0.05, 0) is 31.6 Å². The van der Waals surface area contributed by atoms with Crippen LogP contribution in [0, 0.1) is 0 Å². The molecule has 1 rings (SSSR count). The predicted molar refractivity (Wildman–Crippen MR) is 58.2 cm³/mol. The van der Waals surface area contributed by atoms with Crippen molar-refractivity contribution in [1.82, 2.24) is 4.90 Å². The van der Waals surface area contributed by atoms with Crippen LogP contribution in [0.5, 0.6) is 0 Å². The van der Waals surface area contributed by atoms with Gasteiger partial charge in [0.05, 0.1) is 0 Å². The van der Waals surface area contributed by atoms with Gasteiger partial charge in [0.25, 0.3) is 0 Å². The van der Waals surface area contributed by atoms with E-state index in [1.807, 2.05) is 12.1 Å². The van der Waals surface area contributed by atoms with Crippen LogP contribution >= 0.6 is 0 Å². The fraction of sp³-hybridized carbons (Fsp3) is 0.417. The van der Waals surface area contributed by atoms with E-state index in [1.54, 1.807) is 0 Å². The van der Waals surface area contributed by atoms with Crippen LogP contribution in [0.4, 0.5) is 0 Å². The summed E-state index contributed by atoms with van der Waals surface area (Å²) in [6.07, 6.45) is 2.45. The molecule has 0 saturated heterocycles. The first kappa shape index (κ1) is 10.9. The van der Waals surface area contributed by atoms with E-state index in [1.165, 1.54) is 11.1 Å². The Morgan fingerprint density at radius 2 is 1.86 bits per heavy atom. The Labute approximate surface area is 85.5 Å². The highest BCUT2D eigenvalue weighted by Crippen LogP contribution is 2.11. The summed E-state index contributed by atoms with van der Waals surface area (Å²) < 4.78 is 0. The van der Waals surface area contributed by atoms with Crippen molar-refractivity contribution in [3.63, 3.8) is 0 Å². The monoisotopic (exact) mass is 191 g/mol. The highest BCUT2D eigenvalue weighted by atomic mass is 16.1. The van der Waals surface area contributed by atoms with Crippen molar-refractivity contribution < 1.29 is 4.79 Å². The summed E-state index contributed by atoms with van der Waals surface area (Å²) in [5.41, 5.74) is 2.60. The molecule has 0 saturated carbocycles. The Bertz CT molecular complexity index is 294. The number of carbonyl (C=O) groups excluding carboxylic acids is 1. The zero-order chi connectivity index (χ0) is 10.4. The van der Waals surface area contributed by atoms with Crippen LogP contribution in [-0.4, -0.2) is 25.3 Å². The van der Waals surface area contributed by atoms with Gasteiger partial charge in [-0.15, -0.1) is 0 Å². The highest BCUT2D eigenvalue weighted by Gasteiger charge is 2.01. The molecule has 0 aliphatic heterocycles. The molecule has 0 unspecified atom stereocenters. The van der Waals surface area contributed by atoms with Crippen LogP contribution in [0.15, 0.2) is 24.3 Å². The average molecular weight is 191 g/mol. The molecule has 0 aliphatic rings. The molecule has 0 spiro atoms. The lowest BCUT2D eigenvalue weighted by Crippen LogP contribution is -2.12. The molecule has 0 atom stereocenters. The first-order valence-electron chi connectivity index (χ1n) is 4.89. The SMILES string of the molecule is CN(C)Cc1ccccc1CCC=O. The van der Waals surface area contributed by atoms with Gasteiger partial charge in [0, 0.05) is 13.0 Å². The van der Waals surface area contributed by atoms with Gasteiger partial charge in [0.1, 0.15) is 6.29 Å². The van der Waals surface area contributed by atoms with Gasteiger partial charge in [-0.1, -0.05) is 24.3 Å². The summed E-state index contributed by atoms with van der Waals surface area (Å²) in [6.45, 7) is 0.940. The third-order valence-electron chi connectivity index (χ3n) is 2.14. The summed E-state index contributed by atoms with van der Waals surface area (Å²) in [7, 11) is 4.10. The number of rotatable bonds is 5. The maximum absolute atomic E-state index is 10.3. The topological polar surface area (TPSA) is 20.3 Å². The van der Waals surface area contributed by atoms with Crippen molar-refractivity contribution in [1.29, 1.82) is 0 Å². The van der Waals surface area contributed by atoms with Gasteiger partial charge < -0.3 is 9.69 Å². The van der Waals surface area contributed by atoms with E-state index in [0.717, 1.165) is 19.3 Å². The van der Waals surface area contributed by atoms with Gasteiger partial charge in [0.15, 0.2) is 0 Å². The number of aldehydes is 1. The normalized spacial score (nSPS) is 10.5. The lowest BCUT2D eigenvalue weighted by atomic mass is 10.0. The minimum absolute atomic E-state index is 0.616. The third-order valence-corrected chi connectivity index (χ3v) is 2.14. The molecule has 76 valence electrons. The van der Waals surface area contributed by atoms with Crippen LogP contribution < -0.4 is 0 Å². The van der Waals surface area contributed by atoms with E-state index in [4.69, 9.17) is 0 Å². The number of carbonyl (C=O) groups is 1. The molecule has 0 bridgehead atoms. The second kappa shape index (κ2) is 5.55. The van der Waals surface area contributed by atoms with Gasteiger partial charge in [-0.25, -0.2) is 0 Å². The number of nitrogens with zero attached hydrogens (tertiary/aromatic N) is 1. The minimum Gasteiger partial charge on any atom is -0.305 e. The van der Waals surface area contributed by atoms with Gasteiger partial charge in [0.2, 0.25) is 0 Å². The molecule has 0 fully saturated rings. The maximum atomic E-state index is 10.3. The van der Waals surface area contributed by atoms with Crippen molar-refractivity contribution in [2.24, 2.45) is 0 Å². The molecule has 0 radical (unpaired) electrons. The van der Waals surface area contributed by atoms with Crippen molar-refractivity contribution >= 4 is 6.29 Å². The Hall–Kier alpha value is -1.15. The van der Waals surface area contributed by atoms with Crippen molar-refractivity contribution in [2.45, 2.75) is 19.4 Å². The Morgan fingerprint density at radius 3 is 2.43 bits per heavy atom. The molecule has 0 amide bonds. The fourth-order valence-electron chi connectivity index (χ4n) is 1.51. The summed E-state index contributed by atoms with van der Waals surface area (Å²) in [5.74, 6) is 0. The van der Waals surface area contributed by atoms with Crippen LogP contribution in [0.1, 0.15) is 17.5 Å². The number of hydrogen-bond acceptors (Lipinski definition) is 2. The Kier molecular flexibility index (Phi) is 4.33. The third kappa shape index (κ3) is 3.30. The molecule has 1 aromatic rings. The molecule has 2 heteroatoms. The number of benzene rings is 1. The largest absolute Gasteiger partial charge is 0.305 e. The van der Waals surface area contributed by atoms with E-state index >= 15 is 0 Å². The molecule has 14 heavy (non-hydrogen) atoms. The molecule has 0 heterocycles. The number of aryl methyl sites for hydroxylation is 1. The number of hydrogen-bond donors (Lipinski definition) is 0. The van der Waals surface area contributed by atoms with Gasteiger partial charge in [-0.3, -0.25) is 0 Å². The molecule has 1 aromatic carbocycles. The summed E-state index contributed by atoms with van der Waals surface area (Å²) in [5, 5.41) is 0. The summed E-state index contributed by atoms with van der Waals surface area (Å²) >= 11 is 0. The summed E-state index contributed by atoms with van der Waals surface area (Å²) in [6, 6.07) is 8.30. The van der Waals surface area contributed by atoms with Crippen LogP contribution in [0.25, 0.3) is 0 Å². The Morgan fingerprint density at radius 1 is 1.21 bits per heavy atom. The zero-order valence-electron chi connectivity index (χ0n) is 8.86. The van der Waals surface area contributed by atoms with E-state index in [2.05, 4.69) is 31.1 Å². The lowest BCUT2D eigenvalue weighted by Gasteiger charge is -2.13. The quantitative estimate of drug-likeness (QED) is 0.662. The van der Waals surface area contributed by atoms with Crippen LogP contribution in [0.2, 0.25) is 0 Å². The lowest BCUT2D eigenvalue weighted by molar-refractivity contribution is -0.107. The molecule has 0 N–H and O–H groups in total. The van der Waals surface area contributed by atoms with Gasteiger partial charge >= 0.3 is 0 Å². The zero-order valence-corrected chi connectivity index (χ0v) is 8.86. The predicted octanol–water partition coefficient (Wildman–Crippen LogP) is 1.88. The first-order valence-corrected chi connectivity index (χ1v) is 4.89. The first-order chi connectivity index (χ1) is 6.74. The maximum Gasteiger partial charge on any atom is 0.120 e. The smallest absolute Gasteiger partial charge is 0.120 e. The van der Waals surface area contributed by atoms with E-state index < -0.39 is 0 Å². The van der Waals surface area contributed by atoms with E-state index in [-0.39, 0.29) is 0 Å². The van der Waals surface area contributed by atoms with Crippen LogP contribution in [0.3, 0.4) is 0 Å². The fourth-order valence-corrected chi connectivity index (χ4v) is 1.51. The highest BCUT2D eigenvalue weighted by molar-refractivity contribution is 5.50. The van der Waals surface area contributed by atoms with Crippen molar-refractivity contribution in [3.05, 3.63) is 35.4 Å². The summed E-state index contributed by atoms with van der Waals surface area (Å²) in [4.78, 5) is 12.4. The van der Waals surface area contributed by atoms with E-state index in [0.29, 0.717) is 6.42 Å². The second-order valence-electron chi connectivity index (χ2n) is 3.71. The van der Waals surface area contributed by atoms with Crippen LogP contribution in [-0.2, 0) is 17.8 Å². The molecule has 2 nitrogen and oxygen atoms in total. The van der Waals surface area contributed by atoms with Crippen molar-refractivity contribution in [3.8, 4) is 0 Å². The Balaban J connectivity index is 2.74. The standard InChI is InChI=1S/C12H17NO/c1-13(2)10-12-7-4-3-6-11(12)8-5-9-14/h3-4,6-7,9H,5,8,10H2,1-2H3. The molecular weight excluding hydrogens is 174 g/mol. The van der Waals surface area contributed by atoms with Gasteiger partial charge in [-0.2, -0.15) is 0 Å². The molecule has 0 aromatic heterocycles. The molecular formula is C12H17NO. The second-order valence-corrected chi connectivity index (χ2v) is 3.71. The minimum atomic E-state index is 0.616. The van der Waals surface area contributed by atoms with Crippen molar-refractivity contribution in [2.75, 3.05) is 14.1 Å². The molecule has 0 aliphatic carbocycles.